The van der Waals surface area contributed by atoms with Crippen molar-refractivity contribution in [2.24, 2.45) is 0 Å². The Morgan fingerprint density at radius 2 is 2.00 bits per heavy atom. The van der Waals surface area contributed by atoms with Crippen molar-refractivity contribution in [3.05, 3.63) is 47.7 Å². The molecule has 0 radical (unpaired) electrons. The van der Waals surface area contributed by atoms with Gasteiger partial charge in [-0.1, -0.05) is 12.1 Å². The maximum absolute atomic E-state index is 12.7. The molecule has 0 unspecified atom stereocenters. The molecule has 0 bridgehead atoms. The van der Waals surface area contributed by atoms with Gasteiger partial charge in [-0.2, -0.15) is 4.98 Å². The summed E-state index contributed by atoms with van der Waals surface area (Å²) in [6, 6.07) is 10.3. The maximum Gasteiger partial charge on any atom is 0.215 e. The summed E-state index contributed by atoms with van der Waals surface area (Å²) < 4.78 is 5.51. The molecule has 0 atom stereocenters. The molecule has 1 N–H and O–H groups in total. The Bertz CT molecular complexity index is 1060. The smallest absolute Gasteiger partial charge is 0.215 e. The molecule has 5 heteroatoms. The fourth-order valence-corrected chi connectivity index (χ4v) is 4.84. The Hall–Kier alpha value is -2.66. The number of nitrogens with one attached hydrogen (secondary N) is 1. The lowest BCUT2D eigenvalue weighted by atomic mass is 9.73. The summed E-state index contributed by atoms with van der Waals surface area (Å²) in [7, 11) is 2.16. The molecule has 1 spiro atoms. The summed E-state index contributed by atoms with van der Waals surface area (Å²) in [6.07, 6.45) is 4.78. The largest absolute Gasteiger partial charge is 0.478 e. The molecule has 5 rings (SSSR count). The van der Waals surface area contributed by atoms with Gasteiger partial charge in [0.25, 0.3) is 0 Å². The van der Waals surface area contributed by atoms with E-state index in [4.69, 9.17) is 4.74 Å². The van der Waals surface area contributed by atoms with Crippen LogP contribution in [0, 0.1) is 0 Å². The molecule has 144 valence electrons. The lowest BCUT2D eigenvalue weighted by molar-refractivity contribution is 0.0945. The first-order valence-electron chi connectivity index (χ1n) is 10.1. The van der Waals surface area contributed by atoms with Gasteiger partial charge in [-0.15, -0.1) is 0 Å². The summed E-state index contributed by atoms with van der Waals surface area (Å²) in [6.45, 7) is 4.65. The second kappa shape index (κ2) is 6.45. The number of aromatic nitrogens is 2. The Labute approximate surface area is 164 Å². The molecule has 28 heavy (non-hydrogen) atoms. The number of fused-ring (bicyclic) bond motifs is 3. The third-order valence-corrected chi connectivity index (χ3v) is 6.45. The molecular weight excluding hydrogens is 350 g/mol. The zero-order valence-electron chi connectivity index (χ0n) is 16.4. The third kappa shape index (κ3) is 2.65. The topological polar surface area (TPSA) is 58.2 Å². The molecule has 0 amide bonds. The van der Waals surface area contributed by atoms with Crippen LogP contribution in [0.25, 0.3) is 22.2 Å². The minimum Gasteiger partial charge on any atom is -0.478 e. The summed E-state index contributed by atoms with van der Waals surface area (Å²) in [4.78, 5) is 22.9. The van der Waals surface area contributed by atoms with Gasteiger partial charge < -0.3 is 14.6 Å². The van der Waals surface area contributed by atoms with Gasteiger partial charge in [0.15, 0.2) is 5.78 Å². The molecule has 3 heterocycles. The number of nitrogens with zero attached hydrogens (tertiary/aromatic N) is 2. The van der Waals surface area contributed by atoms with Crippen LogP contribution in [0.3, 0.4) is 0 Å². The van der Waals surface area contributed by atoms with Gasteiger partial charge in [0.1, 0.15) is 5.65 Å². The second-order valence-corrected chi connectivity index (χ2v) is 8.12. The van der Waals surface area contributed by atoms with Gasteiger partial charge in [-0.25, -0.2) is 0 Å². The van der Waals surface area contributed by atoms with E-state index in [1.165, 1.54) is 5.56 Å². The van der Waals surface area contributed by atoms with E-state index in [1.54, 1.807) is 0 Å². The van der Waals surface area contributed by atoms with Crippen LogP contribution in [0.5, 0.6) is 5.88 Å². The quantitative estimate of drug-likeness (QED) is 0.746. The molecule has 1 saturated heterocycles. The number of piperidine rings is 1. The van der Waals surface area contributed by atoms with Crippen molar-refractivity contribution in [3.8, 4) is 17.0 Å². The minimum atomic E-state index is 0.0153. The van der Waals surface area contributed by atoms with Crippen LogP contribution in [-0.2, 0) is 5.41 Å². The van der Waals surface area contributed by atoms with E-state index in [2.05, 4.69) is 40.1 Å². The number of ether oxygens (including phenoxy) is 1. The Morgan fingerprint density at radius 3 is 2.79 bits per heavy atom. The SMILES string of the molecule is CCOc1ccc2c(-c3ccc4c(c3)C3(CCN(C)CC3)CC4=O)c[nH]c2n1. The molecule has 3 aromatic rings. The monoisotopic (exact) mass is 375 g/mol. The van der Waals surface area contributed by atoms with Crippen LogP contribution < -0.4 is 4.74 Å². The zero-order chi connectivity index (χ0) is 19.3. The van der Waals surface area contributed by atoms with Gasteiger partial charge in [-0.3, -0.25) is 4.79 Å². The molecule has 1 aromatic carbocycles. The number of ketones is 1. The number of carbonyl (C=O) groups is 1. The van der Waals surface area contributed by atoms with E-state index < -0.39 is 0 Å². The average Bonchev–Trinajstić information content (AvgIpc) is 3.24. The van der Waals surface area contributed by atoms with Crippen molar-refractivity contribution in [1.82, 2.24) is 14.9 Å². The van der Waals surface area contributed by atoms with E-state index in [1.807, 2.05) is 25.3 Å². The number of aromatic amines is 1. The average molecular weight is 375 g/mol. The van der Waals surface area contributed by atoms with Crippen LogP contribution in [-0.4, -0.2) is 47.4 Å². The highest BCUT2D eigenvalue weighted by Gasteiger charge is 2.44. The van der Waals surface area contributed by atoms with E-state index in [0.29, 0.717) is 24.7 Å². The van der Waals surface area contributed by atoms with Crippen molar-refractivity contribution in [1.29, 1.82) is 0 Å². The first kappa shape index (κ1) is 17.4. The number of pyridine rings is 1. The van der Waals surface area contributed by atoms with Crippen molar-refractivity contribution < 1.29 is 9.53 Å². The highest BCUT2D eigenvalue weighted by Crippen LogP contribution is 2.47. The van der Waals surface area contributed by atoms with Crippen LogP contribution in [0.1, 0.15) is 42.1 Å². The fourth-order valence-electron chi connectivity index (χ4n) is 4.84. The van der Waals surface area contributed by atoms with Crippen LogP contribution >= 0.6 is 0 Å². The molecule has 5 nitrogen and oxygen atoms in total. The highest BCUT2D eigenvalue weighted by molar-refractivity contribution is 6.03. The number of carbonyl (C=O) groups excluding carboxylic acids is 1. The van der Waals surface area contributed by atoms with Crippen LogP contribution in [0.4, 0.5) is 0 Å². The molecule has 1 fully saturated rings. The summed E-state index contributed by atoms with van der Waals surface area (Å²) in [5.41, 5.74) is 5.27. The number of benzene rings is 1. The standard InChI is InChI=1S/C23H25N3O2/c1-3-28-21-7-6-16-18(14-24-22(16)25-21)15-4-5-17-19(12-15)23(13-20(17)27)8-10-26(2)11-9-23/h4-7,12,14H,3,8-11,13H2,1-2H3,(H,24,25). The number of Topliss-reactive ketones (excluding diaryl/α,β-unsaturated/α-hetero) is 1. The normalized spacial score (nSPS) is 18.7. The molecular formula is C23H25N3O2. The van der Waals surface area contributed by atoms with Gasteiger partial charge >= 0.3 is 0 Å². The number of hydrogen-bond acceptors (Lipinski definition) is 4. The van der Waals surface area contributed by atoms with Crippen molar-refractivity contribution in [2.75, 3.05) is 26.7 Å². The molecule has 2 aliphatic rings. The maximum atomic E-state index is 12.7. The van der Waals surface area contributed by atoms with Crippen molar-refractivity contribution in [3.63, 3.8) is 0 Å². The molecule has 0 saturated carbocycles. The van der Waals surface area contributed by atoms with E-state index in [9.17, 15) is 4.79 Å². The number of hydrogen-bond donors (Lipinski definition) is 1. The number of rotatable bonds is 3. The predicted octanol–water partition coefficient (Wildman–Crippen LogP) is 4.18. The predicted molar refractivity (Wildman–Crippen MR) is 110 cm³/mol. The highest BCUT2D eigenvalue weighted by atomic mass is 16.5. The van der Waals surface area contributed by atoms with Crippen molar-refractivity contribution in [2.45, 2.75) is 31.6 Å². The van der Waals surface area contributed by atoms with E-state index >= 15 is 0 Å². The lowest BCUT2D eigenvalue weighted by Crippen LogP contribution is -2.39. The van der Waals surface area contributed by atoms with E-state index in [-0.39, 0.29) is 5.41 Å². The second-order valence-electron chi connectivity index (χ2n) is 8.12. The molecule has 1 aliphatic heterocycles. The van der Waals surface area contributed by atoms with Gasteiger partial charge in [0, 0.05) is 40.6 Å². The van der Waals surface area contributed by atoms with Gasteiger partial charge in [-0.05, 0) is 63.2 Å². The lowest BCUT2D eigenvalue weighted by Gasteiger charge is -2.38. The first-order chi connectivity index (χ1) is 13.6. The Morgan fingerprint density at radius 1 is 1.18 bits per heavy atom. The number of likely N-dealkylation sites (tertiary alicyclic amines) is 1. The zero-order valence-corrected chi connectivity index (χ0v) is 16.4. The summed E-state index contributed by atoms with van der Waals surface area (Å²) in [5, 5.41) is 1.07. The summed E-state index contributed by atoms with van der Waals surface area (Å²) >= 11 is 0. The minimum absolute atomic E-state index is 0.0153. The van der Waals surface area contributed by atoms with Crippen molar-refractivity contribution >= 4 is 16.8 Å². The van der Waals surface area contributed by atoms with Gasteiger partial charge in [0.2, 0.25) is 5.88 Å². The van der Waals surface area contributed by atoms with Gasteiger partial charge in [0.05, 0.1) is 6.61 Å². The van der Waals surface area contributed by atoms with E-state index in [0.717, 1.165) is 53.7 Å². The Balaban J connectivity index is 1.58. The van der Waals surface area contributed by atoms with Crippen LogP contribution in [0.2, 0.25) is 0 Å². The summed E-state index contributed by atoms with van der Waals surface area (Å²) in [5.74, 6) is 0.932. The number of H-pyrrole nitrogens is 1. The molecule has 1 aliphatic carbocycles. The third-order valence-electron chi connectivity index (χ3n) is 6.45. The first-order valence-corrected chi connectivity index (χ1v) is 10.1. The fraction of sp³-hybridized carbons (Fsp3) is 0.391. The Kier molecular flexibility index (Phi) is 4.02. The van der Waals surface area contributed by atoms with Crippen LogP contribution in [0.15, 0.2) is 36.5 Å². The molecule has 2 aromatic heterocycles.